The summed E-state index contributed by atoms with van der Waals surface area (Å²) >= 11 is 1.70. The first-order valence-electron chi connectivity index (χ1n) is 3.33. The summed E-state index contributed by atoms with van der Waals surface area (Å²) < 4.78 is 0. The molecule has 0 unspecified atom stereocenters. The van der Waals surface area contributed by atoms with Crippen LogP contribution in [0.2, 0.25) is 0 Å². The van der Waals surface area contributed by atoms with Crippen molar-refractivity contribution in [2.75, 3.05) is 12.8 Å². The van der Waals surface area contributed by atoms with Gasteiger partial charge in [0, 0.05) is 12.7 Å². The molecule has 9 heavy (non-hydrogen) atoms. The summed E-state index contributed by atoms with van der Waals surface area (Å²) in [6, 6.07) is 0. The lowest BCUT2D eigenvalue weighted by Gasteiger charge is -1.87. The van der Waals surface area contributed by atoms with Crippen LogP contribution in [-0.4, -0.2) is 12.8 Å². The molecule has 0 rings (SSSR count). The Labute approximate surface area is 62.9 Å². The molecule has 0 aliphatic rings. The van der Waals surface area contributed by atoms with E-state index in [1.54, 1.807) is 11.8 Å². The van der Waals surface area contributed by atoms with Gasteiger partial charge in [-0.3, -0.25) is 0 Å². The first-order chi connectivity index (χ1) is 4.41. The Balaban J connectivity index is 0. The van der Waals surface area contributed by atoms with Gasteiger partial charge in [0.25, 0.3) is 0 Å². The van der Waals surface area contributed by atoms with E-state index in [0.29, 0.717) is 0 Å². The summed E-state index contributed by atoms with van der Waals surface area (Å²) in [5, 5.41) is 5.07. The van der Waals surface area contributed by atoms with Crippen LogP contribution in [0.4, 0.5) is 0 Å². The molecule has 2 heteroatoms. The Morgan fingerprint density at radius 2 is 2.00 bits per heavy atom. The Bertz CT molecular complexity index is 52.9. The highest BCUT2D eigenvalue weighted by molar-refractivity contribution is 8.01. The van der Waals surface area contributed by atoms with Gasteiger partial charge in [-0.15, -0.1) is 11.8 Å². The smallest absolute Gasteiger partial charge is 0.0113 e. The van der Waals surface area contributed by atoms with Gasteiger partial charge in [-0.25, -0.2) is 0 Å². The lowest BCUT2D eigenvalue weighted by molar-refractivity contribution is 0.921. The minimum absolute atomic E-state index is 1.01. The Morgan fingerprint density at radius 3 is 2.33 bits per heavy atom. The van der Waals surface area contributed by atoms with Crippen LogP contribution in [0.3, 0.4) is 0 Å². The molecule has 0 saturated carbocycles. The molecule has 0 atom stereocenters. The van der Waals surface area contributed by atoms with Crippen LogP contribution in [0.5, 0.6) is 0 Å². The molecule has 0 aromatic heterocycles. The largest absolute Gasteiger partial charge is 0.391 e. The highest BCUT2D eigenvalue weighted by atomic mass is 32.2. The monoisotopic (exact) mass is 147 g/mol. The van der Waals surface area contributed by atoms with Crippen LogP contribution >= 0.6 is 11.8 Å². The minimum atomic E-state index is 1.01. The molecule has 0 bridgehead atoms. The van der Waals surface area contributed by atoms with Crippen molar-refractivity contribution >= 4 is 11.8 Å². The van der Waals surface area contributed by atoms with Crippen LogP contribution in [-0.2, 0) is 0 Å². The maximum atomic E-state index is 3.05. The third kappa shape index (κ3) is 18.1. The highest BCUT2D eigenvalue weighted by Crippen LogP contribution is 1.89. The summed E-state index contributed by atoms with van der Waals surface area (Å²) in [6.07, 6.45) is 3.98. The maximum absolute atomic E-state index is 3.05. The molecule has 0 aromatic rings. The molecule has 1 nitrogen and oxygen atoms in total. The predicted molar refractivity (Wildman–Crippen MR) is 47.7 cm³/mol. The zero-order valence-electron chi connectivity index (χ0n) is 6.77. The van der Waals surface area contributed by atoms with E-state index >= 15 is 0 Å². The van der Waals surface area contributed by atoms with Crippen molar-refractivity contribution in [1.82, 2.24) is 5.32 Å². The zero-order chi connectivity index (χ0) is 7.54. The fourth-order valence-corrected chi connectivity index (χ4v) is 0.466. The van der Waals surface area contributed by atoms with Crippen LogP contribution < -0.4 is 5.32 Å². The normalized spacial score (nSPS) is 8.44. The summed E-state index contributed by atoms with van der Waals surface area (Å²) in [5.74, 6) is 0. The van der Waals surface area contributed by atoms with Crippen molar-refractivity contribution in [3.63, 3.8) is 0 Å². The second kappa shape index (κ2) is 15.7. The van der Waals surface area contributed by atoms with E-state index in [1.807, 2.05) is 31.7 Å². The number of thioether (sulfide) groups is 1. The summed E-state index contributed by atoms with van der Waals surface area (Å²) in [6.45, 7) is 7.09. The fraction of sp³-hybridized carbons (Fsp3) is 0.714. The maximum Gasteiger partial charge on any atom is 0.0113 e. The molecule has 0 heterocycles. The average molecular weight is 147 g/mol. The standard InChI is InChI=1S/C5H11NS.C2H6/c1-3-6-4-5-7-2;1-2/h4-6H,3H2,1-2H3;1-2H3/b5-4-;. The van der Waals surface area contributed by atoms with Crippen molar-refractivity contribution < 1.29 is 0 Å². The number of rotatable bonds is 3. The molecular formula is C7H17NS. The van der Waals surface area contributed by atoms with Gasteiger partial charge in [0.15, 0.2) is 0 Å². The molecular weight excluding hydrogens is 130 g/mol. The summed E-state index contributed by atoms with van der Waals surface area (Å²) in [4.78, 5) is 0. The molecule has 56 valence electrons. The molecule has 0 aliphatic heterocycles. The topological polar surface area (TPSA) is 12.0 Å². The van der Waals surface area contributed by atoms with Gasteiger partial charge < -0.3 is 5.32 Å². The van der Waals surface area contributed by atoms with Crippen LogP contribution in [0.15, 0.2) is 11.6 Å². The van der Waals surface area contributed by atoms with Gasteiger partial charge in [0.1, 0.15) is 0 Å². The Hall–Kier alpha value is -0.110. The van der Waals surface area contributed by atoms with E-state index in [2.05, 4.69) is 12.2 Å². The van der Waals surface area contributed by atoms with Gasteiger partial charge >= 0.3 is 0 Å². The summed E-state index contributed by atoms with van der Waals surface area (Å²) in [5.41, 5.74) is 0. The quantitative estimate of drug-likeness (QED) is 0.658. The van der Waals surface area contributed by atoms with Gasteiger partial charge in [-0.2, -0.15) is 0 Å². The number of hydrogen-bond acceptors (Lipinski definition) is 2. The number of hydrogen-bond donors (Lipinski definition) is 1. The van der Waals surface area contributed by atoms with E-state index < -0.39 is 0 Å². The molecule has 0 fully saturated rings. The van der Waals surface area contributed by atoms with Crippen molar-refractivity contribution in [2.45, 2.75) is 20.8 Å². The van der Waals surface area contributed by atoms with Gasteiger partial charge in [0.05, 0.1) is 0 Å². The SMILES string of the molecule is CC.CCN/C=C\SC. The van der Waals surface area contributed by atoms with Gasteiger partial charge in [-0.05, 0) is 18.6 Å². The lowest BCUT2D eigenvalue weighted by Crippen LogP contribution is -2.00. The van der Waals surface area contributed by atoms with Crippen molar-refractivity contribution in [3.8, 4) is 0 Å². The van der Waals surface area contributed by atoms with E-state index in [9.17, 15) is 0 Å². The fourth-order valence-electron chi connectivity index (χ4n) is 0.234. The molecule has 0 amide bonds. The first-order valence-corrected chi connectivity index (χ1v) is 4.61. The Morgan fingerprint density at radius 1 is 1.44 bits per heavy atom. The second-order valence-electron chi connectivity index (χ2n) is 1.10. The lowest BCUT2D eigenvalue weighted by atomic mass is 10.7. The summed E-state index contributed by atoms with van der Waals surface area (Å²) in [7, 11) is 0. The van der Waals surface area contributed by atoms with Crippen molar-refractivity contribution in [2.24, 2.45) is 0 Å². The molecule has 0 spiro atoms. The predicted octanol–water partition coefficient (Wildman–Crippen LogP) is 2.46. The molecule has 1 N–H and O–H groups in total. The average Bonchev–Trinajstić information content (AvgIpc) is 1.94. The van der Waals surface area contributed by atoms with E-state index in [1.165, 1.54) is 0 Å². The van der Waals surface area contributed by atoms with Gasteiger partial charge in [0.2, 0.25) is 0 Å². The second-order valence-corrected chi connectivity index (χ2v) is 1.84. The van der Waals surface area contributed by atoms with Crippen molar-refractivity contribution in [1.29, 1.82) is 0 Å². The van der Waals surface area contributed by atoms with E-state index in [-0.39, 0.29) is 0 Å². The van der Waals surface area contributed by atoms with Crippen LogP contribution in [0.25, 0.3) is 0 Å². The van der Waals surface area contributed by atoms with Gasteiger partial charge in [-0.1, -0.05) is 13.8 Å². The highest BCUT2D eigenvalue weighted by Gasteiger charge is 1.63. The van der Waals surface area contributed by atoms with Crippen molar-refractivity contribution in [3.05, 3.63) is 11.6 Å². The molecule has 0 saturated heterocycles. The molecule has 0 aromatic carbocycles. The van der Waals surface area contributed by atoms with E-state index in [0.717, 1.165) is 6.54 Å². The minimum Gasteiger partial charge on any atom is -0.391 e. The molecule has 0 aliphatic carbocycles. The number of nitrogens with one attached hydrogen (secondary N) is 1. The Kier molecular flexibility index (Phi) is 20.3. The zero-order valence-corrected chi connectivity index (χ0v) is 7.59. The van der Waals surface area contributed by atoms with E-state index in [4.69, 9.17) is 0 Å². The first kappa shape index (κ1) is 11.7. The third-order valence-electron chi connectivity index (χ3n) is 0.526. The van der Waals surface area contributed by atoms with Crippen LogP contribution in [0, 0.1) is 0 Å². The third-order valence-corrected chi connectivity index (χ3v) is 0.934. The van der Waals surface area contributed by atoms with Crippen LogP contribution in [0.1, 0.15) is 20.8 Å². The molecule has 0 radical (unpaired) electrons.